The van der Waals surface area contributed by atoms with Crippen LogP contribution in [0.3, 0.4) is 0 Å². The maximum absolute atomic E-state index is 2.53. The second-order valence-corrected chi connectivity index (χ2v) is 6.35. The molecule has 0 radical (unpaired) electrons. The molecule has 0 nitrogen and oxygen atoms in total. The van der Waals surface area contributed by atoms with Gasteiger partial charge >= 0.3 is 0 Å². The summed E-state index contributed by atoms with van der Waals surface area (Å²) in [5.41, 5.74) is 4.63. The Morgan fingerprint density at radius 2 is 1.95 bits per heavy atom. The van der Waals surface area contributed by atoms with Crippen LogP contribution in [0.15, 0.2) is 53.6 Å². The normalized spacial score (nSPS) is 18.5. The molecular weight excluding hydrogens is 240 g/mol. The van der Waals surface area contributed by atoms with Gasteiger partial charge in [0.05, 0.1) is 0 Å². The first kappa shape index (κ1) is 15.1. The maximum atomic E-state index is 2.53. The summed E-state index contributed by atoms with van der Waals surface area (Å²) in [5.74, 6) is 0.905. The molecular formula is C20H28. The van der Waals surface area contributed by atoms with Crippen molar-refractivity contribution in [3.8, 4) is 0 Å². The van der Waals surface area contributed by atoms with Gasteiger partial charge in [-0.15, -0.1) is 0 Å². The van der Waals surface area contributed by atoms with Crippen molar-refractivity contribution < 1.29 is 0 Å². The van der Waals surface area contributed by atoms with Crippen molar-refractivity contribution in [2.24, 2.45) is 5.92 Å². The molecule has 20 heavy (non-hydrogen) atoms. The molecule has 0 aliphatic heterocycles. The number of allylic oxidation sites excluding steroid dienone is 4. The summed E-state index contributed by atoms with van der Waals surface area (Å²) in [7, 11) is 0. The highest BCUT2D eigenvalue weighted by Crippen LogP contribution is 2.29. The molecule has 1 atom stereocenters. The van der Waals surface area contributed by atoms with E-state index in [2.05, 4.69) is 56.3 Å². The second-order valence-electron chi connectivity index (χ2n) is 6.35. The Morgan fingerprint density at radius 3 is 2.60 bits per heavy atom. The van der Waals surface area contributed by atoms with Crippen LogP contribution in [0, 0.1) is 5.92 Å². The Morgan fingerprint density at radius 1 is 1.15 bits per heavy atom. The Balaban J connectivity index is 1.70. The summed E-state index contributed by atoms with van der Waals surface area (Å²) in [6.45, 7) is 4.38. The Hall–Kier alpha value is -1.30. The van der Waals surface area contributed by atoms with Crippen LogP contribution in [0.1, 0.15) is 57.9 Å². The quantitative estimate of drug-likeness (QED) is 0.547. The molecule has 1 aliphatic carbocycles. The van der Waals surface area contributed by atoms with Crippen LogP contribution >= 0.6 is 0 Å². The second kappa shape index (κ2) is 8.09. The fraction of sp³-hybridized carbons (Fsp3) is 0.500. The highest BCUT2D eigenvalue weighted by Gasteiger charge is 2.13. The minimum absolute atomic E-state index is 0.905. The van der Waals surface area contributed by atoms with Gasteiger partial charge in [0.2, 0.25) is 0 Å². The molecule has 0 heteroatoms. The number of hydrogen-bond donors (Lipinski definition) is 0. The van der Waals surface area contributed by atoms with E-state index in [-0.39, 0.29) is 0 Å². The lowest BCUT2D eigenvalue weighted by Crippen LogP contribution is -2.07. The third kappa shape index (κ3) is 5.36. The third-order valence-corrected chi connectivity index (χ3v) is 4.32. The summed E-state index contributed by atoms with van der Waals surface area (Å²) in [4.78, 5) is 0. The molecule has 0 amide bonds. The molecule has 1 aromatic rings. The summed E-state index contributed by atoms with van der Waals surface area (Å²) in [6, 6.07) is 10.9. The van der Waals surface area contributed by atoms with Crippen molar-refractivity contribution >= 4 is 0 Å². The molecule has 0 saturated carbocycles. The van der Waals surface area contributed by atoms with Crippen molar-refractivity contribution in [1.82, 2.24) is 0 Å². The summed E-state index contributed by atoms with van der Waals surface area (Å²) in [6.07, 6.45) is 14.0. The van der Waals surface area contributed by atoms with E-state index in [9.17, 15) is 0 Å². The van der Waals surface area contributed by atoms with Gasteiger partial charge in [0.25, 0.3) is 0 Å². The summed E-state index contributed by atoms with van der Waals surface area (Å²) in [5, 5.41) is 0. The van der Waals surface area contributed by atoms with Crippen molar-refractivity contribution in [3.63, 3.8) is 0 Å². The number of aryl methyl sites for hydroxylation is 1. The van der Waals surface area contributed by atoms with Crippen molar-refractivity contribution in [3.05, 3.63) is 59.2 Å². The van der Waals surface area contributed by atoms with E-state index in [1.807, 2.05) is 0 Å². The van der Waals surface area contributed by atoms with Gasteiger partial charge in [0.1, 0.15) is 0 Å². The molecule has 0 bridgehead atoms. The molecule has 0 N–H and O–H groups in total. The van der Waals surface area contributed by atoms with Crippen LogP contribution in [0.25, 0.3) is 0 Å². The first-order valence-electron chi connectivity index (χ1n) is 8.09. The fourth-order valence-electron chi connectivity index (χ4n) is 2.99. The minimum Gasteiger partial charge on any atom is -0.0856 e. The first-order chi connectivity index (χ1) is 9.74. The Labute approximate surface area is 124 Å². The van der Waals surface area contributed by atoms with Gasteiger partial charge in [-0.1, -0.05) is 53.6 Å². The smallest absolute Gasteiger partial charge is 0.0276 e. The first-order valence-corrected chi connectivity index (χ1v) is 8.09. The van der Waals surface area contributed by atoms with Crippen molar-refractivity contribution in [1.29, 1.82) is 0 Å². The average Bonchev–Trinajstić information content (AvgIpc) is 2.47. The number of rotatable bonds is 6. The summed E-state index contributed by atoms with van der Waals surface area (Å²) < 4.78 is 0. The van der Waals surface area contributed by atoms with E-state index >= 15 is 0 Å². The molecule has 0 aromatic heterocycles. The molecule has 108 valence electrons. The summed E-state index contributed by atoms with van der Waals surface area (Å²) >= 11 is 0. The van der Waals surface area contributed by atoms with Gasteiger partial charge in [-0.05, 0) is 70.3 Å². The zero-order chi connectivity index (χ0) is 14.2. The van der Waals surface area contributed by atoms with Gasteiger partial charge < -0.3 is 0 Å². The molecule has 0 saturated heterocycles. The van der Waals surface area contributed by atoms with Crippen molar-refractivity contribution in [2.75, 3.05) is 0 Å². The predicted octanol–water partition coefficient (Wildman–Crippen LogP) is 6.09. The number of benzene rings is 1. The average molecular weight is 268 g/mol. The van der Waals surface area contributed by atoms with E-state index in [1.165, 1.54) is 56.1 Å². The SMILES string of the molecule is CC(C)=CCCC1=CCC(CCc2ccccc2)CC1. The monoisotopic (exact) mass is 268 g/mol. The van der Waals surface area contributed by atoms with E-state index in [0.29, 0.717) is 0 Å². The highest BCUT2D eigenvalue weighted by atomic mass is 14.2. The molecule has 2 rings (SSSR count). The predicted molar refractivity (Wildman–Crippen MR) is 88.9 cm³/mol. The zero-order valence-corrected chi connectivity index (χ0v) is 13.1. The van der Waals surface area contributed by atoms with E-state index in [1.54, 1.807) is 5.57 Å². The van der Waals surface area contributed by atoms with Gasteiger partial charge in [-0.2, -0.15) is 0 Å². The highest BCUT2D eigenvalue weighted by molar-refractivity contribution is 5.15. The lowest BCUT2D eigenvalue weighted by molar-refractivity contribution is 0.433. The molecule has 0 fully saturated rings. The van der Waals surface area contributed by atoms with Crippen molar-refractivity contribution in [2.45, 2.75) is 58.8 Å². The molecule has 0 heterocycles. The van der Waals surface area contributed by atoms with Crippen LogP contribution < -0.4 is 0 Å². The molecule has 0 spiro atoms. The van der Waals surface area contributed by atoms with Crippen LogP contribution in [-0.4, -0.2) is 0 Å². The third-order valence-electron chi connectivity index (χ3n) is 4.32. The minimum atomic E-state index is 0.905. The Bertz CT molecular complexity index is 446. The lowest BCUT2D eigenvalue weighted by Gasteiger charge is -2.21. The van der Waals surface area contributed by atoms with Gasteiger partial charge in [-0.3, -0.25) is 0 Å². The van der Waals surface area contributed by atoms with Gasteiger partial charge in [0, 0.05) is 0 Å². The molecule has 1 aromatic carbocycles. The topological polar surface area (TPSA) is 0 Å². The standard InChI is InChI=1S/C20H28/c1-17(2)7-6-10-19-12-15-20(16-13-19)14-11-18-8-4-3-5-9-18/h3-5,7-9,12,20H,6,10-11,13-16H2,1-2H3. The van der Waals surface area contributed by atoms with E-state index in [4.69, 9.17) is 0 Å². The van der Waals surface area contributed by atoms with Crippen LogP contribution in [0.5, 0.6) is 0 Å². The van der Waals surface area contributed by atoms with E-state index in [0.717, 1.165) is 5.92 Å². The van der Waals surface area contributed by atoms with Gasteiger partial charge in [-0.25, -0.2) is 0 Å². The fourth-order valence-corrected chi connectivity index (χ4v) is 2.99. The van der Waals surface area contributed by atoms with Gasteiger partial charge in [0.15, 0.2) is 0 Å². The largest absolute Gasteiger partial charge is 0.0856 e. The lowest BCUT2D eigenvalue weighted by atomic mass is 9.84. The number of hydrogen-bond acceptors (Lipinski definition) is 0. The Kier molecular flexibility index (Phi) is 6.11. The van der Waals surface area contributed by atoms with Crippen LogP contribution in [0.4, 0.5) is 0 Å². The molecule has 1 aliphatic rings. The van der Waals surface area contributed by atoms with Crippen LogP contribution in [-0.2, 0) is 6.42 Å². The van der Waals surface area contributed by atoms with E-state index < -0.39 is 0 Å². The zero-order valence-electron chi connectivity index (χ0n) is 13.1. The van der Waals surface area contributed by atoms with Crippen LogP contribution in [0.2, 0.25) is 0 Å². The molecule has 1 unspecified atom stereocenters. The maximum Gasteiger partial charge on any atom is -0.0276 e.